The van der Waals surface area contributed by atoms with Gasteiger partial charge in [0.1, 0.15) is 12.4 Å². The van der Waals surface area contributed by atoms with Gasteiger partial charge < -0.3 is 23.7 Å². The smallest absolute Gasteiger partial charge is 0.337 e. The Hall–Kier alpha value is -5.16. The zero-order valence-electron chi connectivity index (χ0n) is 27.3. The van der Waals surface area contributed by atoms with Gasteiger partial charge in [0.25, 0.3) is 5.56 Å². The van der Waals surface area contributed by atoms with E-state index in [2.05, 4.69) is 11.6 Å². The minimum absolute atomic E-state index is 0.206. The Balaban J connectivity index is 1.61. The molecule has 1 aromatic heterocycles. The first-order valence-corrected chi connectivity index (χ1v) is 16.4. The molecule has 250 valence electrons. The normalized spacial score (nSPS) is 14.0. The van der Waals surface area contributed by atoms with E-state index >= 15 is 0 Å². The predicted molar refractivity (Wildman–Crippen MR) is 182 cm³/mol. The maximum atomic E-state index is 14.2. The topological polar surface area (TPSA) is 97.6 Å². The molecule has 48 heavy (non-hydrogen) atoms. The van der Waals surface area contributed by atoms with Crippen LogP contribution >= 0.6 is 11.3 Å². The lowest BCUT2D eigenvalue weighted by molar-refractivity contribution is -0.136. The van der Waals surface area contributed by atoms with Crippen LogP contribution in [0.1, 0.15) is 49.1 Å². The predicted octanol–water partition coefficient (Wildman–Crippen LogP) is 5.66. The van der Waals surface area contributed by atoms with Gasteiger partial charge in [-0.25, -0.2) is 14.2 Å². The Morgan fingerprint density at radius 2 is 1.67 bits per heavy atom. The number of rotatable bonds is 14. The number of benzene rings is 3. The fraction of sp³-hybridized carbons (Fsp3) is 0.270. The Morgan fingerprint density at radius 1 is 0.958 bits per heavy atom. The van der Waals surface area contributed by atoms with Crippen molar-refractivity contribution < 1.29 is 32.9 Å². The fourth-order valence-electron chi connectivity index (χ4n) is 5.38. The van der Waals surface area contributed by atoms with Crippen LogP contribution < -0.4 is 33.8 Å². The summed E-state index contributed by atoms with van der Waals surface area (Å²) in [6.07, 6.45) is 5.45. The molecule has 0 radical (unpaired) electrons. The molecule has 5 rings (SSSR count). The summed E-state index contributed by atoms with van der Waals surface area (Å²) in [5.41, 5.74) is 2.83. The van der Waals surface area contributed by atoms with Gasteiger partial charge in [0.15, 0.2) is 27.8 Å². The molecule has 0 bridgehead atoms. The summed E-state index contributed by atoms with van der Waals surface area (Å²) >= 11 is 1.21. The van der Waals surface area contributed by atoms with Crippen LogP contribution in [0.5, 0.6) is 23.0 Å². The van der Waals surface area contributed by atoms with Crippen LogP contribution in [-0.2, 0) is 22.6 Å². The summed E-state index contributed by atoms with van der Waals surface area (Å²) in [5.74, 6) is 1.18. The number of methoxy groups -OCH3 is 1. The summed E-state index contributed by atoms with van der Waals surface area (Å²) in [7, 11) is 1.29. The number of nitrogens with zero attached hydrogens (tertiary/aromatic N) is 2. The zero-order chi connectivity index (χ0) is 34.2. The minimum Gasteiger partial charge on any atom is -0.490 e. The molecule has 0 saturated heterocycles. The Morgan fingerprint density at radius 3 is 2.35 bits per heavy atom. The van der Waals surface area contributed by atoms with Gasteiger partial charge >= 0.3 is 5.97 Å². The van der Waals surface area contributed by atoms with Gasteiger partial charge in [0.2, 0.25) is 0 Å². The SMILES string of the molecule is C=CCc1cc(/C=c2\sc3n(c2=O)[C@H](c2ccc(OCC)c(OCC)c2)C(C(=O)OC)=CN=3)cc(OCC)c1OCc1ccc(F)cc1. The standard InChI is InChI=1S/C37H37FN2O7S/c1-6-10-26-17-24(18-31(46-9-4)34(26)47-22-23-11-14-27(38)15-12-23)19-32-35(41)40-33(28(36(42)43-5)21-39-37(40)48-32)25-13-16-29(44-7-2)30(20-25)45-8-3/h6,11-21,33H,1,7-10,22H2,2-5H3/b32-19-/t33-/m1/s1. The van der Waals surface area contributed by atoms with E-state index in [0.717, 1.165) is 11.1 Å². The molecule has 0 spiro atoms. The second-order valence-electron chi connectivity index (χ2n) is 10.6. The molecule has 1 aliphatic heterocycles. The average molecular weight is 673 g/mol. The van der Waals surface area contributed by atoms with E-state index in [1.165, 1.54) is 41.3 Å². The van der Waals surface area contributed by atoms with E-state index in [9.17, 15) is 14.0 Å². The van der Waals surface area contributed by atoms with Crippen LogP contribution in [0.4, 0.5) is 4.39 Å². The molecular weight excluding hydrogens is 635 g/mol. The number of hydrogen-bond acceptors (Lipinski definition) is 9. The molecule has 11 heteroatoms. The second kappa shape index (κ2) is 15.6. The molecule has 2 heterocycles. The molecule has 4 aromatic rings. The van der Waals surface area contributed by atoms with Crippen molar-refractivity contribution in [2.24, 2.45) is 4.99 Å². The van der Waals surface area contributed by atoms with Crippen molar-refractivity contribution in [2.45, 2.75) is 39.8 Å². The number of halogens is 1. The quantitative estimate of drug-likeness (QED) is 0.126. The van der Waals surface area contributed by atoms with E-state index in [-0.39, 0.29) is 23.6 Å². The highest BCUT2D eigenvalue weighted by Crippen LogP contribution is 2.36. The lowest BCUT2D eigenvalue weighted by Gasteiger charge is -2.23. The first-order valence-electron chi connectivity index (χ1n) is 15.6. The first-order chi connectivity index (χ1) is 23.3. The van der Waals surface area contributed by atoms with Crippen molar-refractivity contribution in [1.29, 1.82) is 0 Å². The van der Waals surface area contributed by atoms with Crippen LogP contribution in [0, 0.1) is 5.82 Å². The van der Waals surface area contributed by atoms with E-state index in [4.69, 9.17) is 23.7 Å². The van der Waals surface area contributed by atoms with E-state index in [1.54, 1.807) is 42.5 Å². The van der Waals surface area contributed by atoms with Gasteiger partial charge in [-0.1, -0.05) is 35.6 Å². The molecule has 0 saturated carbocycles. The fourth-order valence-corrected chi connectivity index (χ4v) is 6.34. The number of allylic oxidation sites excluding steroid dienone is 1. The highest BCUT2D eigenvalue weighted by Gasteiger charge is 2.31. The minimum atomic E-state index is -0.816. The molecular formula is C37H37FN2O7S. The largest absolute Gasteiger partial charge is 0.490 e. The molecule has 0 aliphatic carbocycles. The molecule has 0 fully saturated rings. The summed E-state index contributed by atoms with van der Waals surface area (Å²) in [4.78, 5) is 32.0. The monoisotopic (exact) mass is 672 g/mol. The number of fused-ring (bicyclic) bond motifs is 1. The summed E-state index contributed by atoms with van der Waals surface area (Å²) < 4.78 is 44.2. The van der Waals surface area contributed by atoms with Crippen molar-refractivity contribution in [3.8, 4) is 23.0 Å². The van der Waals surface area contributed by atoms with Crippen molar-refractivity contribution in [3.05, 3.63) is 127 Å². The van der Waals surface area contributed by atoms with E-state index in [1.807, 2.05) is 32.9 Å². The number of thiazole rings is 1. The number of carbonyl (C=O) groups is 1. The third-order valence-corrected chi connectivity index (χ3v) is 8.42. The molecule has 9 nitrogen and oxygen atoms in total. The number of hydrogen-bond donors (Lipinski definition) is 0. The average Bonchev–Trinajstić information content (AvgIpc) is 3.40. The van der Waals surface area contributed by atoms with Crippen LogP contribution in [0.25, 0.3) is 6.08 Å². The molecule has 3 aromatic carbocycles. The van der Waals surface area contributed by atoms with E-state index in [0.29, 0.717) is 69.7 Å². The molecule has 0 unspecified atom stereocenters. The Bertz CT molecular complexity index is 2010. The van der Waals surface area contributed by atoms with Crippen molar-refractivity contribution in [3.63, 3.8) is 0 Å². The number of carbonyl (C=O) groups excluding carboxylic acids is 1. The lowest BCUT2D eigenvalue weighted by atomic mass is 9.97. The van der Waals surface area contributed by atoms with Crippen LogP contribution in [-0.4, -0.2) is 37.5 Å². The van der Waals surface area contributed by atoms with Gasteiger partial charge in [-0.3, -0.25) is 9.36 Å². The molecule has 1 atom stereocenters. The van der Waals surface area contributed by atoms with Crippen molar-refractivity contribution in [1.82, 2.24) is 4.57 Å². The third-order valence-electron chi connectivity index (χ3n) is 7.42. The Labute approximate surface area is 281 Å². The molecule has 1 aliphatic rings. The van der Waals surface area contributed by atoms with Crippen LogP contribution in [0.3, 0.4) is 0 Å². The summed E-state index contributed by atoms with van der Waals surface area (Å²) in [6, 6.07) is 14.4. The summed E-state index contributed by atoms with van der Waals surface area (Å²) in [5, 5.41) is 0. The molecule has 0 N–H and O–H groups in total. The van der Waals surface area contributed by atoms with Crippen molar-refractivity contribution >= 4 is 23.4 Å². The van der Waals surface area contributed by atoms with Crippen LogP contribution in [0.2, 0.25) is 0 Å². The van der Waals surface area contributed by atoms with Gasteiger partial charge in [-0.2, -0.15) is 0 Å². The number of aromatic nitrogens is 1. The van der Waals surface area contributed by atoms with Gasteiger partial charge in [0, 0.05) is 11.8 Å². The van der Waals surface area contributed by atoms with Gasteiger partial charge in [0.05, 0.1) is 43.1 Å². The maximum absolute atomic E-state index is 14.2. The lowest BCUT2D eigenvalue weighted by Crippen LogP contribution is -2.39. The van der Waals surface area contributed by atoms with Crippen molar-refractivity contribution in [2.75, 3.05) is 26.9 Å². The first kappa shape index (κ1) is 34.2. The van der Waals surface area contributed by atoms with Gasteiger partial charge in [-0.05, 0) is 86.4 Å². The zero-order valence-corrected chi connectivity index (χ0v) is 28.1. The highest BCUT2D eigenvalue weighted by atomic mass is 32.1. The van der Waals surface area contributed by atoms with Gasteiger partial charge in [-0.15, -0.1) is 6.58 Å². The van der Waals surface area contributed by atoms with E-state index < -0.39 is 12.0 Å². The number of esters is 1. The maximum Gasteiger partial charge on any atom is 0.337 e. The van der Waals surface area contributed by atoms with Crippen LogP contribution in [0.15, 0.2) is 88.8 Å². The number of ether oxygens (including phenoxy) is 5. The third kappa shape index (κ3) is 7.36. The Kier molecular flexibility index (Phi) is 11.1. The highest BCUT2D eigenvalue weighted by molar-refractivity contribution is 7.07. The molecule has 0 amide bonds. The summed E-state index contributed by atoms with van der Waals surface area (Å²) in [6.45, 7) is 11.0. The second-order valence-corrected chi connectivity index (χ2v) is 11.6.